The van der Waals surface area contributed by atoms with Crippen molar-refractivity contribution in [1.82, 2.24) is 4.98 Å². The lowest BCUT2D eigenvalue weighted by Gasteiger charge is -2.33. The second kappa shape index (κ2) is 6.10. The molecule has 104 valence electrons. The largest absolute Gasteiger partial charge is 0.409 e. The summed E-state index contributed by atoms with van der Waals surface area (Å²) >= 11 is 6.32. The summed E-state index contributed by atoms with van der Waals surface area (Å²) in [5.41, 5.74) is 6.13. The first-order chi connectivity index (χ1) is 9.17. The van der Waals surface area contributed by atoms with Crippen LogP contribution in [0, 0.1) is 5.92 Å². The van der Waals surface area contributed by atoms with Gasteiger partial charge in [0.25, 0.3) is 0 Å². The lowest BCUT2D eigenvalue weighted by molar-refractivity contribution is 0.318. The number of hydrogen-bond donors (Lipinski definition) is 2. The van der Waals surface area contributed by atoms with Crippen molar-refractivity contribution in [2.24, 2.45) is 16.8 Å². The van der Waals surface area contributed by atoms with Crippen molar-refractivity contribution in [2.45, 2.75) is 26.2 Å². The molecule has 0 aromatic carbocycles. The average molecular weight is 283 g/mol. The van der Waals surface area contributed by atoms with Gasteiger partial charge in [-0.2, -0.15) is 0 Å². The van der Waals surface area contributed by atoms with Crippen LogP contribution in [-0.4, -0.2) is 29.1 Å². The van der Waals surface area contributed by atoms with E-state index in [0.717, 1.165) is 19.0 Å². The van der Waals surface area contributed by atoms with Crippen molar-refractivity contribution in [3.63, 3.8) is 0 Å². The van der Waals surface area contributed by atoms with Crippen molar-refractivity contribution in [1.29, 1.82) is 0 Å². The smallest absolute Gasteiger partial charge is 0.171 e. The van der Waals surface area contributed by atoms with E-state index in [0.29, 0.717) is 16.4 Å². The molecule has 3 N–H and O–H groups in total. The second-order valence-corrected chi connectivity index (χ2v) is 5.19. The monoisotopic (exact) mass is 282 g/mol. The standard InChI is InChI=1S/C13H19ClN4O/c1-2-18(8-9-4-3-5-9)13-11(14)10(6-7-16-13)12(15)17-19/h6-7,9,19H,2-5,8H2,1H3,(H2,15,17). The van der Waals surface area contributed by atoms with Gasteiger partial charge in [-0.05, 0) is 31.7 Å². The molecule has 1 aliphatic rings. The van der Waals surface area contributed by atoms with Gasteiger partial charge < -0.3 is 15.8 Å². The highest BCUT2D eigenvalue weighted by molar-refractivity contribution is 6.36. The Balaban J connectivity index is 2.26. The van der Waals surface area contributed by atoms with Gasteiger partial charge in [0.05, 0.1) is 5.02 Å². The van der Waals surface area contributed by atoms with Crippen molar-refractivity contribution in [3.05, 3.63) is 22.8 Å². The van der Waals surface area contributed by atoms with Gasteiger partial charge in [-0.15, -0.1) is 0 Å². The molecular formula is C13H19ClN4O. The van der Waals surface area contributed by atoms with Gasteiger partial charge in [0.2, 0.25) is 0 Å². The van der Waals surface area contributed by atoms with Gasteiger partial charge >= 0.3 is 0 Å². The fraction of sp³-hybridized carbons (Fsp3) is 0.538. The average Bonchev–Trinajstić information content (AvgIpc) is 2.38. The zero-order chi connectivity index (χ0) is 13.8. The predicted octanol–water partition coefficient (Wildman–Crippen LogP) is 2.46. The molecule has 0 spiro atoms. The van der Waals surface area contributed by atoms with Crippen LogP contribution in [0.1, 0.15) is 31.7 Å². The van der Waals surface area contributed by atoms with Gasteiger partial charge in [0.15, 0.2) is 5.84 Å². The minimum atomic E-state index is 0.00773. The highest BCUT2D eigenvalue weighted by atomic mass is 35.5. The molecule has 0 bridgehead atoms. The topological polar surface area (TPSA) is 74.7 Å². The molecule has 1 aliphatic carbocycles. The number of anilines is 1. The van der Waals surface area contributed by atoms with Gasteiger partial charge in [0, 0.05) is 24.8 Å². The molecular weight excluding hydrogens is 264 g/mol. The van der Waals surface area contributed by atoms with Crippen LogP contribution in [0.4, 0.5) is 5.82 Å². The molecule has 0 radical (unpaired) electrons. The number of hydrogen-bond acceptors (Lipinski definition) is 4. The lowest BCUT2D eigenvalue weighted by Crippen LogP contribution is -2.33. The van der Waals surface area contributed by atoms with E-state index in [9.17, 15) is 0 Å². The minimum absolute atomic E-state index is 0.00773. The maximum absolute atomic E-state index is 8.76. The highest BCUT2D eigenvalue weighted by Gasteiger charge is 2.23. The van der Waals surface area contributed by atoms with Crippen LogP contribution in [-0.2, 0) is 0 Å². The van der Waals surface area contributed by atoms with Crippen LogP contribution >= 0.6 is 11.6 Å². The van der Waals surface area contributed by atoms with Crippen LogP contribution < -0.4 is 10.6 Å². The first-order valence-corrected chi connectivity index (χ1v) is 6.92. The molecule has 1 saturated carbocycles. The Hall–Kier alpha value is -1.49. The van der Waals surface area contributed by atoms with Gasteiger partial charge in [0.1, 0.15) is 5.82 Å². The van der Waals surface area contributed by atoms with E-state index in [-0.39, 0.29) is 5.84 Å². The van der Waals surface area contributed by atoms with E-state index < -0.39 is 0 Å². The van der Waals surface area contributed by atoms with Crippen LogP contribution in [0.25, 0.3) is 0 Å². The van der Waals surface area contributed by atoms with E-state index in [1.807, 2.05) is 0 Å². The van der Waals surface area contributed by atoms with E-state index in [4.69, 9.17) is 22.5 Å². The highest BCUT2D eigenvalue weighted by Crippen LogP contribution is 2.31. The molecule has 0 saturated heterocycles. The van der Waals surface area contributed by atoms with Crippen molar-refractivity contribution >= 4 is 23.3 Å². The summed E-state index contributed by atoms with van der Waals surface area (Å²) in [5, 5.41) is 12.2. The molecule has 1 heterocycles. The first-order valence-electron chi connectivity index (χ1n) is 6.54. The maximum atomic E-state index is 8.76. The molecule has 2 rings (SSSR count). The summed E-state index contributed by atoms with van der Waals surface area (Å²) in [6.07, 6.45) is 5.49. The molecule has 0 amide bonds. The zero-order valence-electron chi connectivity index (χ0n) is 11.0. The van der Waals surface area contributed by atoms with Gasteiger partial charge in [-0.3, -0.25) is 0 Å². The molecule has 19 heavy (non-hydrogen) atoms. The molecule has 1 aromatic heterocycles. The summed E-state index contributed by atoms with van der Waals surface area (Å²) in [4.78, 5) is 6.49. The SMILES string of the molecule is CCN(CC1CCC1)c1nccc(/C(N)=N/O)c1Cl. The van der Waals surface area contributed by atoms with Gasteiger partial charge in [-0.25, -0.2) is 4.98 Å². The summed E-state index contributed by atoms with van der Waals surface area (Å²) in [7, 11) is 0. The number of nitrogens with two attached hydrogens (primary N) is 1. The predicted molar refractivity (Wildman–Crippen MR) is 77.0 cm³/mol. The summed E-state index contributed by atoms with van der Waals surface area (Å²) in [6.45, 7) is 3.87. The lowest BCUT2D eigenvalue weighted by atomic mass is 9.85. The Morgan fingerprint density at radius 1 is 1.63 bits per heavy atom. The molecule has 6 heteroatoms. The van der Waals surface area contributed by atoms with Crippen molar-refractivity contribution < 1.29 is 5.21 Å². The number of amidine groups is 1. The third kappa shape index (κ3) is 2.92. The van der Waals surface area contributed by atoms with Crippen LogP contribution in [0.3, 0.4) is 0 Å². The normalized spacial score (nSPS) is 16.2. The number of aromatic nitrogens is 1. The summed E-state index contributed by atoms with van der Waals surface area (Å²) in [6, 6.07) is 1.65. The Kier molecular flexibility index (Phi) is 4.47. The van der Waals surface area contributed by atoms with E-state index in [1.165, 1.54) is 19.3 Å². The fourth-order valence-electron chi connectivity index (χ4n) is 2.26. The van der Waals surface area contributed by atoms with E-state index >= 15 is 0 Å². The number of halogens is 1. The van der Waals surface area contributed by atoms with E-state index in [2.05, 4.69) is 22.0 Å². The van der Waals surface area contributed by atoms with Gasteiger partial charge in [-0.1, -0.05) is 23.2 Å². The summed E-state index contributed by atoms with van der Waals surface area (Å²) < 4.78 is 0. The third-order valence-electron chi connectivity index (χ3n) is 3.64. The molecule has 0 atom stereocenters. The quantitative estimate of drug-likeness (QED) is 0.376. The Bertz CT molecular complexity index is 474. The van der Waals surface area contributed by atoms with Crippen LogP contribution in [0.2, 0.25) is 5.02 Å². The van der Waals surface area contributed by atoms with Crippen LogP contribution in [0.15, 0.2) is 17.4 Å². The zero-order valence-corrected chi connectivity index (χ0v) is 11.8. The Morgan fingerprint density at radius 3 is 2.89 bits per heavy atom. The summed E-state index contributed by atoms with van der Waals surface area (Å²) in [5.74, 6) is 1.44. The maximum Gasteiger partial charge on any atom is 0.171 e. The first kappa shape index (κ1) is 13.9. The number of rotatable bonds is 5. The fourth-order valence-corrected chi connectivity index (χ4v) is 2.59. The third-order valence-corrected chi connectivity index (χ3v) is 4.01. The van der Waals surface area contributed by atoms with Crippen LogP contribution in [0.5, 0.6) is 0 Å². The molecule has 1 fully saturated rings. The number of nitrogens with zero attached hydrogens (tertiary/aromatic N) is 3. The Labute approximate surface area is 118 Å². The minimum Gasteiger partial charge on any atom is -0.409 e. The molecule has 0 aliphatic heterocycles. The van der Waals surface area contributed by atoms with E-state index in [1.54, 1.807) is 12.3 Å². The molecule has 1 aromatic rings. The second-order valence-electron chi connectivity index (χ2n) is 4.82. The molecule has 5 nitrogen and oxygen atoms in total. The number of pyridine rings is 1. The Morgan fingerprint density at radius 2 is 2.37 bits per heavy atom. The van der Waals surface area contributed by atoms with Crippen molar-refractivity contribution in [2.75, 3.05) is 18.0 Å². The van der Waals surface area contributed by atoms with Crippen molar-refractivity contribution in [3.8, 4) is 0 Å². The molecule has 0 unspecified atom stereocenters. The number of oxime groups is 1.